The van der Waals surface area contributed by atoms with Crippen LogP contribution in [-0.2, 0) is 4.74 Å². The van der Waals surface area contributed by atoms with Gasteiger partial charge in [0, 0.05) is 19.3 Å². The number of nitrogens with one attached hydrogen (secondary N) is 1. The highest BCUT2D eigenvalue weighted by Gasteiger charge is 2.10. The lowest BCUT2D eigenvalue weighted by atomic mass is 10.1. The summed E-state index contributed by atoms with van der Waals surface area (Å²) < 4.78 is 5.44. The van der Waals surface area contributed by atoms with Gasteiger partial charge in [-0.25, -0.2) is 0 Å². The lowest BCUT2D eigenvalue weighted by molar-refractivity contribution is 0.142. The Labute approximate surface area is 94.8 Å². The quantitative estimate of drug-likeness (QED) is 0.685. The first-order valence-electron chi connectivity index (χ1n) is 6.60. The summed E-state index contributed by atoms with van der Waals surface area (Å²) in [5, 5.41) is 3.66. The van der Waals surface area contributed by atoms with Crippen molar-refractivity contribution >= 4 is 0 Å². The third-order valence-electron chi connectivity index (χ3n) is 3.09. The Bertz CT molecular complexity index is 139. The van der Waals surface area contributed by atoms with E-state index in [0.29, 0.717) is 6.04 Å². The highest BCUT2D eigenvalue weighted by Crippen LogP contribution is 2.09. The first-order valence-corrected chi connectivity index (χ1v) is 6.60. The zero-order chi connectivity index (χ0) is 10.9. The minimum atomic E-state index is 0.714. The van der Waals surface area contributed by atoms with Crippen molar-refractivity contribution in [3.8, 4) is 0 Å². The summed E-state index contributed by atoms with van der Waals surface area (Å²) in [5.74, 6) is 0.858. The summed E-state index contributed by atoms with van der Waals surface area (Å²) in [6.07, 6.45) is 7.79. The molecule has 0 bridgehead atoms. The van der Waals surface area contributed by atoms with Crippen LogP contribution in [0.25, 0.3) is 0 Å². The molecule has 0 aromatic rings. The van der Waals surface area contributed by atoms with Gasteiger partial charge in [-0.1, -0.05) is 26.7 Å². The van der Waals surface area contributed by atoms with Gasteiger partial charge in [-0.15, -0.1) is 0 Å². The van der Waals surface area contributed by atoms with Crippen molar-refractivity contribution in [2.45, 2.75) is 58.4 Å². The molecule has 0 radical (unpaired) electrons. The first-order chi connectivity index (χ1) is 7.29. The van der Waals surface area contributed by atoms with Crippen LogP contribution in [0.15, 0.2) is 0 Å². The zero-order valence-corrected chi connectivity index (χ0v) is 10.4. The molecule has 0 aromatic heterocycles. The van der Waals surface area contributed by atoms with E-state index < -0.39 is 0 Å². The van der Waals surface area contributed by atoms with Gasteiger partial charge < -0.3 is 10.1 Å². The van der Waals surface area contributed by atoms with Gasteiger partial charge in [-0.05, 0) is 38.1 Å². The fraction of sp³-hybridized carbons (Fsp3) is 1.00. The maximum Gasteiger partial charge on any atom is 0.0480 e. The molecular formula is C13H27NO. The van der Waals surface area contributed by atoms with Crippen LogP contribution in [0, 0.1) is 5.92 Å². The number of hydrogen-bond acceptors (Lipinski definition) is 2. The molecule has 1 aliphatic rings. The normalized spacial score (nSPS) is 23.0. The largest absolute Gasteiger partial charge is 0.381 e. The molecule has 0 spiro atoms. The van der Waals surface area contributed by atoms with Gasteiger partial charge in [-0.3, -0.25) is 0 Å². The van der Waals surface area contributed by atoms with Crippen LogP contribution in [-0.4, -0.2) is 25.8 Å². The second kappa shape index (κ2) is 8.12. The Morgan fingerprint density at radius 2 is 2.07 bits per heavy atom. The molecule has 1 saturated heterocycles. The highest BCUT2D eigenvalue weighted by atomic mass is 16.5. The fourth-order valence-electron chi connectivity index (χ4n) is 2.09. The molecule has 1 fully saturated rings. The Balaban J connectivity index is 1.94. The molecular weight excluding hydrogens is 186 g/mol. The number of ether oxygens (including phenoxy) is 1. The summed E-state index contributed by atoms with van der Waals surface area (Å²) >= 11 is 0. The molecule has 1 unspecified atom stereocenters. The molecule has 90 valence electrons. The average molecular weight is 213 g/mol. The van der Waals surface area contributed by atoms with Gasteiger partial charge in [-0.2, -0.15) is 0 Å². The lowest BCUT2D eigenvalue weighted by Gasteiger charge is -2.15. The summed E-state index contributed by atoms with van der Waals surface area (Å²) in [5.41, 5.74) is 0. The molecule has 0 aliphatic carbocycles. The molecule has 2 nitrogen and oxygen atoms in total. The predicted molar refractivity (Wildman–Crippen MR) is 65.1 cm³/mol. The van der Waals surface area contributed by atoms with E-state index in [1.807, 2.05) is 0 Å². The second-order valence-corrected chi connectivity index (χ2v) is 5.08. The Kier molecular flexibility index (Phi) is 7.03. The Morgan fingerprint density at radius 1 is 1.20 bits per heavy atom. The van der Waals surface area contributed by atoms with Crippen molar-refractivity contribution in [3.63, 3.8) is 0 Å². The smallest absolute Gasteiger partial charge is 0.0480 e. The van der Waals surface area contributed by atoms with Crippen LogP contribution in [0.3, 0.4) is 0 Å². The van der Waals surface area contributed by atoms with Gasteiger partial charge in [0.15, 0.2) is 0 Å². The highest BCUT2D eigenvalue weighted by molar-refractivity contribution is 4.69. The first kappa shape index (κ1) is 13.0. The zero-order valence-electron chi connectivity index (χ0n) is 10.4. The number of rotatable bonds is 6. The molecule has 15 heavy (non-hydrogen) atoms. The van der Waals surface area contributed by atoms with E-state index in [4.69, 9.17) is 4.74 Å². The van der Waals surface area contributed by atoms with E-state index in [-0.39, 0.29) is 0 Å². The molecule has 1 rings (SSSR count). The van der Waals surface area contributed by atoms with Crippen molar-refractivity contribution in [1.82, 2.24) is 5.32 Å². The number of unbranched alkanes of at least 4 members (excludes halogenated alkanes) is 1. The monoisotopic (exact) mass is 213 g/mol. The van der Waals surface area contributed by atoms with Gasteiger partial charge in [0.05, 0.1) is 0 Å². The third kappa shape index (κ3) is 6.91. The van der Waals surface area contributed by atoms with Crippen molar-refractivity contribution < 1.29 is 4.74 Å². The minimum Gasteiger partial charge on any atom is -0.381 e. The standard InChI is InChI=1S/C13H27NO/c1-12(2)6-3-4-9-14-13-7-5-10-15-11-8-13/h12-14H,3-11H2,1-2H3. The molecule has 1 atom stereocenters. The summed E-state index contributed by atoms with van der Waals surface area (Å²) in [4.78, 5) is 0. The topological polar surface area (TPSA) is 21.3 Å². The van der Waals surface area contributed by atoms with Gasteiger partial charge >= 0.3 is 0 Å². The van der Waals surface area contributed by atoms with E-state index in [1.54, 1.807) is 0 Å². The van der Waals surface area contributed by atoms with Gasteiger partial charge in [0.1, 0.15) is 0 Å². The van der Waals surface area contributed by atoms with E-state index in [1.165, 1.54) is 45.1 Å². The van der Waals surface area contributed by atoms with Crippen molar-refractivity contribution in [2.75, 3.05) is 19.8 Å². The SMILES string of the molecule is CC(C)CCCCNC1CCCOCC1. The van der Waals surface area contributed by atoms with Gasteiger partial charge in [0.25, 0.3) is 0 Å². The summed E-state index contributed by atoms with van der Waals surface area (Å²) in [6.45, 7) is 7.71. The predicted octanol–water partition coefficient (Wildman–Crippen LogP) is 2.97. The maximum absolute atomic E-state index is 5.44. The lowest BCUT2D eigenvalue weighted by Crippen LogP contribution is -2.30. The number of hydrogen-bond donors (Lipinski definition) is 1. The molecule has 1 N–H and O–H groups in total. The van der Waals surface area contributed by atoms with Crippen LogP contribution < -0.4 is 5.32 Å². The third-order valence-corrected chi connectivity index (χ3v) is 3.09. The van der Waals surface area contributed by atoms with E-state index in [0.717, 1.165) is 19.1 Å². The van der Waals surface area contributed by atoms with Crippen LogP contribution in [0.5, 0.6) is 0 Å². The van der Waals surface area contributed by atoms with Crippen molar-refractivity contribution in [1.29, 1.82) is 0 Å². The Hall–Kier alpha value is -0.0800. The molecule has 0 saturated carbocycles. The van der Waals surface area contributed by atoms with Crippen molar-refractivity contribution in [3.05, 3.63) is 0 Å². The second-order valence-electron chi connectivity index (χ2n) is 5.08. The van der Waals surface area contributed by atoms with E-state index in [9.17, 15) is 0 Å². The summed E-state index contributed by atoms with van der Waals surface area (Å²) in [6, 6.07) is 0.714. The minimum absolute atomic E-state index is 0.714. The summed E-state index contributed by atoms with van der Waals surface area (Å²) in [7, 11) is 0. The van der Waals surface area contributed by atoms with Crippen LogP contribution in [0.2, 0.25) is 0 Å². The fourth-order valence-corrected chi connectivity index (χ4v) is 2.09. The van der Waals surface area contributed by atoms with Crippen LogP contribution in [0.1, 0.15) is 52.4 Å². The molecule has 1 heterocycles. The maximum atomic E-state index is 5.44. The van der Waals surface area contributed by atoms with Gasteiger partial charge in [0.2, 0.25) is 0 Å². The molecule has 0 aromatic carbocycles. The van der Waals surface area contributed by atoms with Crippen molar-refractivity contribution in [2.24, 2.45) is 5.92 Å². The Morgan fingerprint density at radius 3 is 2.87 bits per heavy atom. The molecule has 2 heteroatoms. The molecule has 1 aliphatic heterocycles. The van der Waals surface area contributed by atoms with E-state index in [2.05, 4.69) is 19.2 Å². The van der Waals surface area contributed by atoms with E-state index >= 15 is 0 Å². The average Bonchev–Trinajstić information content (AvgIpc) is 2.45. The van der Waals surface area contributed by atoms with Crippen LogP contribution >= 0.6 is 0 Å². The molecule has 0 amide bonds. The van der Waals surface area contributed by atoms with Crippen LogP contribution in [0.4, 0.5) is 0 Å².